The topological polar surface area (TPSA) is 68.6 Å². The first-order valence-corrected chi connectivity index (χ1v) is 7.14. The van der Waals surface area contributed by atoms with Crippen LogP contribution in [0.4, 0.5) is 0 Å². The summed E-state index contributed by atoms with van der Waals surface area (Å²) in [5.74, 6) is 1.03. The van der Waals surface area contributed by atoms with Gasteiger partial charge in [-0.05, 0) is 52.2 Å². The van der Waals surface area contributed by atoms with Gasteiger partial charge in [-0.3, -0.25) is 0 Å². The predicted octanol–water partition coefficient (Wildman–Crippen LogP) is 3.14. The van der Waals surface area contributed by atoms with Gasteiger partial charge >= 0.3 is 0 Å². The summed E-state index contributed by atoms with van der Waals surface area (Å²) in [6.45, 7) is 2.28. The highest BCUT2D eigenvalue weighted by Gasteiger charge is 2.24. The molecule has 5 heteroatoms. The maximum Gasteiger partial charge on any atom is 0.169 e. The number of aliphatic hydroxyl groups is 1. The summed E-state index contributed by atoms with van der Waals surface area (Å²) < 4.78 is 11.3. The third-order valence-electron chi connectivity index (χ3n) is 3.38. The van der Waals surface area contributed by atoms with Crippen LogP contribution in [0.2, 0.25) is 0 Å². The zero-order chi connectivity index (χ0) is 14.7. The normalized spacial score (nSPS) is 14.1. The molecule has 0 amide bonds. The molecule has 1 aromatic carbocycles. The minimum absolute atomic E-state index is 0.248. The van der Waals surface area contributed by atoms with Crippen LogP contribution in [-0.2, 0) is 0 Å². The van der Waals surface area contributed by atoms with Crippen molar-refractivity contribution in [1.29, 1.82) is 0 Å². The number of benzene rings is 1. The van der Waals surface area contributed by atoms with Gasteiger partial charge in [0.2, 0.25) is 0 Å². The maximum atomic E-state index is 10.4. The standard InChI is InChI=1S/C15H18BrNO3/c1-9-3-4-10(7-13(9)19-2)11(8-17)15(18)12-5-6-14(16)20-12/h3-7,11,15,18H,8,17H2,1-2H3. The highest BCUT2D eigenvalue weighted by molar-refractivity contribution is 9.10. The molecule has 0 radical (unpaired) electrons. The van der Waals surface area contributed by atoms with E-state index >= 15 is 0 Å². The molecular weight excluding hydrogens is 322 g/mol. The van der Waals surface area contributed by atoms with Crippen molar-refractivity contribution in [3.63, 3.8) is 0 Å². The first-order valence-electron chi connectivity index (χ1n) is 6.34. The van der Waals surface area contributed by atoms with Crippen molar-refractivity contribution in [2.24, 2.45) is 5.73 Å². The number of methoxy groups -OCH3 is 1. The van der Waals surface area contributed by atoms with Crippen LogP contribution in [-0.4, -0.2) is 18.8 Å². The molecule has 2 unspecified atom stereocenters. The summed E-state index contributed by atoms with van der Waals surface area (Å²) in [7, 11) is 1.63. The summed E-state index contributed by atoms with van der Waals surface area (Å²) >= 11 is 3.23. The Bertz CT molecular complexity index is 582. The molecule has 0 saturated heterocycles. The Kier molecular flexibility index (Phi) is 4.86. The highest BCUT2D eigenvalue weighted by Crippen LogP contribution is 2.34. The van der Waals surface area contributed by atoms with Gasteiger partial charge in [-0.15, -0.1) is 0 Å². The SMILES string of the molecule is COc1cc(C(CN)C(O)c2ccc(Br)o2)ccc1C. The van der Waals surface area contributed by atoms with Crippen LogP contribution in [0.1, 0.15) is 28.9 Å². The van der Waals surface area contributed by atoms with Crippen LogP contribution in [0.3, 0.4) is 0 Å². The summed E-state index contributed by atoms with van der Waals surface area (Å²) in [5.41, 5.74) is 7.79. The van der Waals surface area contributed by atoms with Gasteiger partial charge in [0.05, 0.1) is 7.11 Å². The molecule has 1 heterocycles. The summed E-state index contributed by atoms with van der Waals surface area (Å²) in [5, 5.41) is 10.4. The first kappa shape index (κ1) is 15.1. The Morgan fingerprint density at radius 3 is 2.65 bits per heavy atom. The van der Waals surface area contributed by atoms with Crippen LogP contribution in [0.25, 0.3) is 0 Å². The number of aryl methyl sites for hydroxylation is 1. The number of hydrogen-bond donors (Lipinski definition) is 2. The molecule has 0 bridgehead atoms. The number of halogens is 1. The average Bonchev–Trinajstić information content (AvgIpc) is 2.88. The van der Waals surface area contributed by atoms with Gasteiger partial charge in [0.1, 0.15) is 17.6 Å². The number of furan rings is 1. The van der Waals surface area contributed by atoms with Crippen molar-refractivity contribution in [3.8, 4) is 5.75 Å². The molecule has 1 aromatic heterocycles. The van der Waals surface area contributed by atoms with E-state index in [4.69, 9.17) is 14.9 Å². The van der Waals surface area contributed by atoms with Crippen molar-refractivity contribution in [3.05, 3.63) is 51.9 Å². The molecule has 108 valence electrons. The number of hydrogen-bond acceptors (Lipinski definition) is 4. The van der Waals surface area contributed by atoms with Gasteiger partial charge in [-0.2, -0.15) is 0 Å². The Morgan fingerprint density at radius 1 is 1.35 bits per heavy atom. The molecule has 3 N–H and O–H groups in total. The van der Waals surface area contributed by atoms with Crippen LogP contribution < -0.4 is 10.5 Å². The Morgan fingerprint density at radius 2 is 2.10 bits per heavy atom. The van der Waals surface area contributed by atoms with Gasteiger partial charge in [0.15, 0.2) is 4.67 Å². The second-order valence-electron chi connectivity index (χ2n) is 4.66. The predicted molar refractivity (Wildman–Crippen MR) is 80.9 cm³/mol. The number of ether oxygens (including phenoxy) is 1. The van der Waals surface area contributed by atoms with E-state index in [9.17, 15) is 5.11 Å². The Balaban J connectivity index is 2.32. The number of aliphatic hydroxyl groups excluding tert-OH is 1. The minimum atomic E-state index is -0.793. The van der Waals surface area contributed by atoms with Crippen molar-refractivity contribution in [2.75, 3.05) is 13.7 Å². The van der Waals surface area contributed by atoms with E-state index in [1.807, 2.05) is 25.1 Å². The Labute approximate surface area is 126 Å². The zero-order valence-electron chi connectivity index (χ0n) is 11.5. The van der Waals surface area contributed by atoms with Crippen molar-refractivity contribution in [1.82, 2.24) is 0 Å². The van der Waals surface area contributed by atoms with Gasteiger partial charge in [-0.25, -0.2) is 0 Å². The largest absolute Gasteiger partial charge is 0.496 e. The molecule has 0 fully saturated rings. The van der Waals surface area contributed by atoms with Gasteiger partial charge in [0.25, 0.3) is 0 Å². The molecule has 0 saturated carbocycles. The second kappa shape index (κ2) is 6.43. The fraction of sp³-hybridized carbons (Fsp3) is 0.333. The van der Waals surface area contributed by atoms with Gasteiger partial charge in [-0.1, -0.05) is 12.1 Å². The third kappa shape index (κ3) is 3.06. The molecule has 2 atom stereocenters. The fourth-order valence-corrected chi connectivity index (χ4v) is 2.52. The molecule has 20 heavy (non-hydrogen) atoms. The molecule has 2 aromatic rings. The lowest BCUT2D eigenvalue weighted by Gasteiger charge is -2.21. The van der Waals surface area contributed by atoms with Crippen LogP contribution in [0.5, 0.6) is 5.75 Å². The van der Waals surface area contributed by atoms with E-state index in [2.05, 4.69) is 15.9 Å². The van der Waals surface area contributed by atoms with Gasteiger partial charge in [0, 0.05) is 12.5 Å². The molecule has 0 aliphatic rings. The lowest BCUT2D eigenvalue weighted by atomic mass is 9.91. The second-order valence-corrected chi connectivity index (χ2v) is 5.44. The minimum Gasteiger partial charge on any atom is -0.496 e. The van der Waals surface area contributed by atoms with E-state index < -0.39 is 6.10 Å². The molecule has 0 aliphatic heterocycles. The van der Waals surface area contributed by atoms with Crippen LogP contribution in [0, 0.1) is 6.92 Å². The van der Waals surface area contributed by atoms with Crippen LogP contribution in [0.15, 0.2) is 39.4 Å². The summed E-state index contributed by atoms with van der Waals surface area (Å²) in [6, 6.07) is 9.32. The summed E-state index contributed by atoms with van der Waals surface area (Å²) in [6.07, 6.45) is -0.793. The first-order chi connectivity index (χ1) is 9.56. The number of rotatable bonds is 5. The highest BCUT2D eigenvalue weighted by atomic mass is 79.9. The summed E-state index contributed by atoms with van der Waals surface area (Å²) in [4.78, 5) is 0. The van der Waals surface area contributed by atoms with E-state index in [1.165, 1.54) is 0 Å². The molecule has 4 nitrogen and oxygen atoms in total. The van der Waals surface area contributed by atoms with Crippen molar-refractivity contribution in [2.45, 2.75) is 18.9 Å². The zero-order valence-corrected chi connectivity index (χ0v) is 13.1. The number of nitrogens with two attached hydrogens (primary N) is 1. The van der Waals surface area contributed by atoms with Crippen molar-refractivity contribution < 1.29 is 14.3 Å². The van der Waals surface area contributed by atoms with Crippen LogP contribution >= 0.6 is 15.9 Å². The Hall–Kier alpha value is -1.30. The van der Waals surface area contributed by atoms with Gasteiger partial charge < -0.3 is 20.0 Å². The van der Waals surface area contributed by atoms with E-state index in [-0.39, 0.29) is 5.92 Å². The monoisotopic (exact) mass is 339 g/mol. The fourth-order valence-electron chi connectivity index (χ4n) is 2.20. The quantitative estimate of drug-likeness (QED) is 0.877. The molecule has 2 rings (SSSR count). The van der Waals surface area contributed by atoms with Crippen molar-refractivity contribution >= 4 is 15.9 Å². The van der Waals surface area contributed by atoms with E-state index in [1.54, 1.807) is 19.2 Å². The van der Waals surface area contributed by atoms with E-state index in [0.717, 1.165) is 16.9 Å². The molecule has 0 spiro atoms. The maximum absolute atomic E-state index is 10.4. The third-order valence-corrected chi connectivity index (χ3v) is 3.81. The lowest BCUT2D eigenvalue weighted by Crippen LogP contribution is -2.20. The lowest BCUT2D eigenvalue weighted by molar-refractivity contribution is 0.120. The smallest absolute Gasteiger partial charge is 0.169 e. The molecular formula is C15H18BrNO3. The van der Waals surface area contributed by atoms with E-state index in [0.29, 0.717) is 17.0 Å². The average molecular weight is 340 g/mol. The molecule has 0 aliphatic carbocycles.